The molecule has 0 N–H and O–H groups in total. The van der Waals surface area contributed by atoms with Crippen molar-refractivity contribution in [2.75, 3.05) is 7.05 Å². The number of fused-ring (bicyclic) bond motifs is 6. The number of benzene rings is 1. The summed E-state index contributed by atoms with van der Waals surface area (Å²) >= 11 is 0. The quantitative estimate of drug-likeness (QED) is 0.438. The highest BCUT2D eigenvalue weighted by atomic mass is 15.1. The molecule has 0 radical (unpaired) electrons. The van der Waals surface area contributed by atoms with E-state index in [1.807, 2.05) is 12.4 Å². The van der Waals surface area contributed by atoms with E-state index < -0.39 is 0 Å². The first-order valence-electron chi connectivity index (χ1n) is 13.8. The van der Waals surface area contributed by atoms with Gasteiger partial charge in [0.1, 0.15) is 0 Å². The molecule has 2 nitrogen and oxygen atoms in total. The van der Waals surface area contributed by atoms with Crippen LogP contribution in [0.3, 0.4) is 0 Å². The smallest absolute Gasteiger partial charge is 0.0346 e. The summed E-state index contributed by atoms with van der Waals surface area (Å²) < 4.78 is 0. The molecule has 4 aliphatic rings. The lowest BCUT2D eigenvalue weighted by atomic mass is 9.47. The maximum Gasteiger partial charge on any atom is 0.0346 e. The van der Waals surface area contributed by atoms with Crippen LogP contribution in [0.15, 0.2) is 54.4 Å². The van der Waals surface area contributed by atoms with E-state index in [1.165, 1.54) is 61.3 Å². The zero-order valence-electron chi connectivity index (χ0n) is 21.8. The van der Waals surface area contributed by atoms with E-state index in [1.54, 1.807) is 11.1 Å². The molecule has 0 amide bonds. The lowest BCUT2D eigenvalue weighted by Crippen LogP contribution is -2.51. The van der Waals surface area contributed by atoms with Crippen molar-refractivity contribution in [2.24, 2.45) is 28.6 Å². The molecular formula is C32H42N2. The van der Waals surface area contributed by atoms with Gasteiger partial charge in [-0.2, -0.15) is 0 Å². The third-order valence-electron chi connectivity index (χ3n) is 11.0. The molecule has 6 rings (SSSR count). The number of pyridine rings is 1. The third kappa shape index (κ3) is 3.28. The van der Waals surface area contributed by atoms with Gasteiger partial charge in [-0.15, -0.1) is 0 Å². The van der Waals surface area contributed by atoms with Gasteiger partial charge in [0.2, 0.25) is 0 Å². The van der Waals surface area contributed by atoms with Crippen molar-refractivity contribution in [1.82, 2.24) is 9.88 Å². The molecule has 1 aromatic carbocycles. The van der Waals surface area contributed by atoms with Crippen molar-refractivity contribution in [3.8, 4) is 0 Å². The number of hydrogen-bond acceptors (Lipinski definition) is 2. The highest BCUT2D eigenvalue weighted by Crippen LogP contribution is 2.66. The van der Waals surface area contributed by atoms with Crippen LogP contribution in [0, 0.1) is 28.6 Å². The molecular weight excluding hydrogens is 412 g/mol. The molecule has 2 fully saturated rings. The van der Waals surface area contributed by atoms with E-state index >= 15 is 0 Å². The Morgan fingerprint density at radius 1 is 0.941 bits per heavy atom. The fourth-order valence-electron chi connectivity index (χ4n) is 8.68. The second-order valence-corrected chi connectivity index (χ2v) is 12.7. The van der Waals surface area contributed by atoms with E-state index in [0.29, 0.717) is 16.9 Å². The van der Waals surface area contributed by atoms with Crippen molar-refractivity contribution in [1.29, 1.82) is 0 Å². The number of hydrogen-bond donors (Lipinski definition) is 0. The molecule has 0 saturated heterocycles. The summed E-state index contributed by atoms with van der Waals surface area (Å²) in [4.78, 5) is 7.00. The second kappa shape index (κ2) is 8.05. The lowest BCUT2D eigenvalue weighted by Gasteiger charge is -2.58. The first kappa shape index (κ1) is 22.5. The number of rotatable bonds is 3. The van der Waals surface area contributed by atoms with Gasteiger partial charge in [-0.3, -0.25) is 4.98 Å². The van der Waals surface area contributed by atoms with Crippen LogP contribution in [0.5, 0.6) is 0 Å². The predicted octanol–water partition coefficient (Wildman–Crippen LogP) is 7.90. The summed E-state index contributed by atoms with van der Waals surface area (Å²) in [7, 11) is 2.34. The van der Waals surface area contributed by atoms with Gasteiger partial charge in [0.15, 0.2) is 0 Å². The molecule has 180 valence electrons. The molecule has 34 heavy (non-hydrogen) atoms. The summed E-state index contributed by atoms with van der Waals surface area (Å²) in [5.74, 6) is 2.49. The molecule has 0 unspecified atom stereocenters. The van der Waals surface area contributed by atoms with E-state index in [2.05, 4.69) is 81.0 Å². The second-order valence-electron chi connectivity index (χ2n) is 12.7. The number of nitrogens with zero attached hydrogens (tertiary/aromatic N) is 2. The van der Waals surface area contributed by atoms with Crippen molar-refractivity contribution < 1.29 is 0 Å². The van der Waals surface area contributed by atoms with Crippen LogP contribution in [0.1, 0.15) is 78.2 Å². The molecule has 1 heterocycles. The van der Waals surface area contributed by atoms with Gasteiger partial charge in [0.25, 0.3) is 0 Å². The fourth-order valence-corrected chi connectivity index (χ4v) is 8.68. The van der Waals surface area contributed by atoms with E-state index in [0.717, 1.165) is 23.8 Å². The van der Waals surface area contributed by atoms with Crippen molar-refractivity contribution in [2.45, 2.75) is 84.7 Å². The number of aromatic nitrogens is 1. The van der Waals surface area contributed by atoms with Crippen LogP contribution in [-0.2, 0) is 0 Å². The summed E-state index contributed by atoms with van der Waals surface area (Å²) in [5.41, 5.74) is 5.58. The van der Waals surface area contributed by atoms with Gasteiger partial charge in [-0.05, 0) is 123 Å². The minimum absolute atomic E-state index is 0.313. The minimum atomic E-state index is 0.313. The first-order valence-corrected chi connectivity index (χ1v) is 13.8. The van der Waals surface area contributed by atoms with E-state index in [9.17, 15) is 0 Å². The lowest BCUT2D eigenvalue weighted by molar-refractivity contribution is -0.0190. The van der Waals surface area contributed by atoms with Crippen molar-refractivity contribution >= 4 is 16.3 Å². The summed E-state index contributed by atoms with van der Waals surface area (Å²) in [5, 5.41) is 2.56. The van der Waals surface area contributed by atoms with Crippen LogP contribution >= 0.6 is 0 Å². The molecule has 6 atom stereocenters. The van der Waals surface area contributed by atoms with Crippen LogP contribution < -0.4 is 0 Å². The molecule has 2 saturated carbocycles. The zero-order valence-corrected chi connectivity index (χ0v) is 21.8. The number of allylic oxidation sites excluding steroid dienone is 3. The van der Waals surface area contributed by atoms with Gasteiger partial charge in [0.05, 0.1) is 0 Å². The average molecular weight is 455 g/mol. The van der Waals surface area contributed by atoms with Crippen molar-refractivity contribution in [3.05, 3.63) is 59.9 Å². The summed E-state index contributed by atoms with van der Waals surface area (Å²) in [6, 6.07) is 10.5. The molecule has 0 bridgehead atoms. The zero-order chi connectivity index (χ0) is 23.7. The van der Waals surface area contributed by atoms with Crippen LogP contribution in [-0.4, -0.2) is 29.0 Å². The monoisotopic (exact) mass is 454 g/mol. The Bertz CT molecular complexity index is 1160. The first-order chi connectivity index (χ1) is 16.3. The Kier molecular flexibility index (Phi) is 5.33. The van der Waals surface area contributed by atoms with Crippen LogP contribution in [0.2, 0.25) is 0 Å². The van der Waals surface area contributed by atoms with E-state index in [4.69, 9.17) is 0 Å². The summed E-state index contributed by atoms with van der Waals surface area (Å²) in [6.45, 7) is 9.93. The fraction of sp³-hybridized carbons (Fsp3) is 0.594. The highest BCUT2D eigenvalue weighted by molar-refractivity contribution is 5.86. The molecule has 2 heteroatoms. The van der Waals surface area contributed by atoms with Gasteiger partial charge < -0.3 is 4.90 Å². The summed E-state index contributed by atoms with van der Waals surface area (Å²) in [6.07, 6.45) is 18.6. The normalized spacial score (nSPS) is 37.3. The SMILES string of the molecule is CC(C)N(C)[C@H]1CC[C@@]2(C)C(=CC[C@@H]3[C@@H]2CC[C@]2(C)C(c4ccc5ccncc5c4)=CC[C@@H]32)C1. The van der Waals surface area contributed by atoms with Crippen LogP contribution in [0.4, 0.5) is 0 Å². The molecule has 2 aromatic rings. The Morgan fingerprint density at radius 2 is 1.76 bits per heavy atom. The van der Waals surface area contributed by atoms with Gasteiger partial charge >= 0.3 is 0 Å². The maximum absolute atomic E-state index is 4.38. The Labute approximate surface area is 206 Å². The highest BCUT2D eigenvalue weighted by Gasteiger charge is 2.56. The van der Waals surface area contributed by atoms with Gasteiger partial charge in [-0.25, -0.2) is 0 Å². The van der Waals surface area contributed by atoms with Gasteiger partial charge in [0, 0.05) is 29.9 Å². The Hall–Kier alpha value is -1.93. The van der Waals surface area contributed by atoms with E-state index in [-0.39, 0.29) is 0 Å². The molecule has 0 spiro atoms. The minimum Gasteiger partial charge on any atom is -0.301 e. The molecule has 0 aliphatic heterocycles. The molecule has 4 aliphatic carbocycles. The standard InChI is InChI=1S/C32H42N2/c1-21(2)34(5)26-12-15-31(3)25(19-26)8-9-27-29-11-10-28(32(29,4)16-13-30(27)31)23-7-6-22-14-17-33-20-24(22)18-23/h6-8,10,14,17-18,20-21,26-27,29-30H,9,11-13,15-16,19H2,1-5H3/t26-,27-,29-,30-,31-,32+/m0/s1. The maximum atomic E-state index is 4.38. The topological polar surface area (TPSA) is 16.1 Å². The average Bonchev–Trinajstić information content (AvgIpc) is 3.20. The Morgan fingerprint density at radius 3 is 2.59 bits per heavy atom. The van der Waals surface area contributed by atoms with Crippen LogP contribution in [0.25, 0.3) is 16.3 Å². The largest absolute Gasteiger partial charge is 0.301 e. The molecule has 1 aromatic heterocycles. The third-order valence-corrected chi connectivity index (χ3v) is 11.0. The Balaban J connectivity index is 1.27. The van der Waals surface area contributed by atoms with Gasteiger partial charge in [-0.1, -0.05) is 43.7 Å². The van der Waals surface area contributed by atoms with Crippen molar-refractivity contribution in [3.63, 3.8) is 0 Å². The predicted molar refractivity (Wildman–Crippen MR) is 143 cm³/mol.